The summed E-state index contributed by atoms with van der Waals surface area (Å²) in [5.74, 6) is 0. The maximum atomic E-state index is 2.65. The van der Waals surface area contributed by atoms with Gasteiger partial charge in [-0.05, 0) is 153 Å². The van der Waals surface area contributed by atoms with Crippen LogP contribution >= 0.6 is 0 Å². The van der Waals surface area contributed by atoms with Crippen molar-refractivity contribution < 1.29 is 0 Å². The first-order valence-electron chi connectivity index (χ1n) is 33.3. The molecule has 2 aliphatic heterocycles. The van der Waals surface area contributed by atoms with Crippen LogP contribution in [0.2, 0.25) is 0 Å². The Morgan fingerprint density at radius 1 is 0.208 bits per heavy atom. The smallest absolute Gasteiger partial charge is 0.252 e. The molecule has 15 aromatic carbocycles. The van der Waals surface area contributed by atoms with Gasteiger partial charge in [-0.25, -0.2) is 0 Å². The number of benzene rings is 15. The molecule has 0 aromatic heterocycles. The van der Waals surface area contributed by atoms with Gasteiger partial charge in [-0.1, -0.05) is 328 Å². The van der Waals surface area contributed by atoms with Gasteiger partial charge < -0.3 is 14.7 Å². The van der Waals surface area contributed by atoms with Gasteiger partial charge in [-0.3, -0.25) is 0 Å². The minimum Gasteiger partial charge on any atom is -0.311 e. The Balaban J connectivity index is 0.993. The second-order valence-electron chi connectivity index (χ2n) is 25.1. The summed E-state index contributed by atoms with van der Waals surface area (Å²) in [4.78, 5) is 7.65. The zero-order chi connectivity index (χ0) is 63.8. The molecule has 3 nitrogen and oxygen atoms in total. The van der Waals surface area contributed by atoms with E-state index >= 15 is 0 Å². The molecule has 0 radical (unpaired) electrons. The lowest BCUT2D eigenvalue weighted by molar-refractivity contribution is 1.23. The van der Waals surface area contributed by atoms with E-state index in [4.69, 9.17) is 0 Å². The standard InChI is InChI=1S/C90H66BN3Si2/c1-11-32-67(33-12-1)69-36-31-41-74(62-69)94-86-61-59-83(96(79-48-25-8-26-49-79,80-50-27-9-28-51-80)81-52-29-10-30-53-81)66-85(86)91-84-60-54-70(68-34-13-2-14-35-68)63-87(84)93(88-64-75(65-89(94)90(88)91)92(71-37-15-3-16-38-71)72-39-17-4-18-40-72)73-55-57-82(58-56-73)95(76-42-19-5-20-43-76,77-44-21-6-22-45-77)78-46-23-7-24-47-78/h1-66H. The average molecular weight is 1260 g/mol. The second-order valence-corrected chi connectivity index (χ2v) is 32.7. The summed E-state index contributed by atoms with van der Waals surface area (Å²) < 4.78 is 0. The van der Waals surface area contributed by atoms with Gasteiger partial charge in [0.15, 0.2) is 16.1 Å². The third-order valence-electron chi connectivity index (χ3n) is 19.9. The minimum atomic E-state index is -3.08. The number of para-hydroxylation sites is 2. The van der Waals surface area contributed by atoms with Crippen molar-refractivity contribution >= 4 is 132 Å². The minimum absolute atomic E-state index is 0.215. The van der Waals surface area contributed by atoms with E-state index in [1.165, 1.54) is 69.0 Å². The summed E-state index contributed by atoms with van der Waals surface area (Å²) in [6.07, 6.45) is 0. The summed E-state index contributed by atoms with van der Waals surface area (Å²) in [5.41, 5.74) is 18.2. The predicted octanol–water partition coefficient (Wildman–Crippen LogP) is 15.3. The molecule has 0 aliphatic carbocycles. The van der Waals surface area contributed by atoms with Gasteiger partial charge in [-0.2, -0.15) is 0 Å². The number of anilines is 9. The molecular formula is C90H66BN3Si2. The fourth-order valence-electron chi connectivity index (χ4n) is 15.8. The van der Waals surface area contributed by atoms with E-state index in [1.807, 2.05) is 0 Å². The van der Waals surface area contributed by atoms with Crippen molar-refractivity contribution in [3.63, 3.8) is 0 Å². The van der Waals surface area contributed by atoms with E-state index in [1.54, 1.807) is 0 Å². The molecule has 0 saturated heterocycles. The highest BCUT2D eigenvalue weighted by Crippen LogP contribution is 2.49. The molecule has 0 atom stereocenters. The average Bonchev–Trinajstić information content (AvgIpc) is 0.691. The van der Waals surface area contributed by atoms with Crippen LogP contribution in [0.4, 0.5) is 51.2 Å². The number of hydrogen-bond acceptors (Lipinski definition) is 3. The third kappa shape index (κ3) is 9.88. The molecule has 0 fully saturated rings. The third-order valence-corrected chi connectivity index (χ3v) is 29.5. The SMILES string of the molecule is c1ccc(-c2cccc(N3c4ccc([Si](c5ccccc5)(c5ccccc5)c5ccccc5)cc4B4c5ccc(-c6ccccc6)cc5N(c5ccc([Si](c6ccccc6)(c6ccccc6)c6ccccc6)cc5)c5cc(N(c6ccccc6)c6ccccc6)cc3c54)c2)cc1. The Morgan fingerprint density at radius 2 is 0.562 bits per heavy atom. The molecule has 2 aliphatic rings. The van der Waals surface area contributed by atoms with Crippen molar-refractivity contribution in [2.24, 2.45) is 0 Å². The van der Waals surface area contributed by atoms with E-state index in [-0.39, 0.29) is 6.71 Å². The van der Waals surface area contributed by atoms with Crippen LogP contribution < -0.4 is 72.6 Å². The van der Waals surface area contributed by atoms with E-state index in [0.29, 0.717) is 0 Å². The Hall–Kier alpha value is -11.8. The van der Waals surface area contributed by atoms with Gasteiger partial charge in [-0.15, -0.1) is 0 Å². The van der Waals surface area contributed by atoms with Gasteiger partial charge in [0.2, 0.25) is 0 Å². The molecule has 0 bridgehead atoms. The van der Waals surface area contributed by atoms with E-state index in [2.05, 4.69) is 415 Å². The molecule has 6 heteroatoms. The lowest BCUT2D eigenvalue weighted by Crippen LogP contribution is -2.75. The number of nitrogens with zero attached hydrogens (tertiary/aromatic N) is 3. The molecule has 0 N–H and O–H groups in total. The van der Waals surface area contributed by atoms with Crippen molar-refractivity contribution in [3.8, 4) is 22.3 Å². The summed E-state index contributed by atoms with van der Waals surface area (Å²) in [6.45, 7) is -0.215. The van der Waals surface area contributed by atoms with Gasteiger partial charge >= 0.3 is 0 Å². The van der Waals surface area contributed by atoms with Crippen LogP contribution in [-0.2, 0) is 0 Å². The summed E-state index contributed by atoms with van der Waals surface area (Å²) in [5, 5.41) is 10.7. The lowest BCUT2D eigenvalue weighted by atomic mass is 9.33. The number of hydrogen-bond donors (Lipinski definition) is 0. The van der Waals surface area contributed by atoms with Crippen LogP contribution in [-0.4, -0.2) is 22.9 Å². The molecular weight excluding hydrogens is 1190 g/mol. The quantitative estimate of drug-likeness (QED) is 0.0748. The summed E-state index contributed by atoms with van der Waals surface area (Å²) in [7, 11) is -6.00. The lowest BCUT2D eigenvalue weighted by Gasteiger charge is -2.46. The van der Waals surface area contributed by atoms with Crippen LogP contribution in [0.1, 0.15) is 0 Å². The van der Waals surface area contributed by atoms with Gasteiger partial charge in [0.05, 0.1) is 5.69 Å². The molecule has 2 heterocycles. The fourth-order valence-corrected chi connectivity index (χ4v) is 25.3. The highest BCUT2D eigenvalue weighted by atomic mass is 28.3. The van der Waals surface area contributed by atoms with Crippen LogP contribution in [0.15, 0.2) is 400 Å². The molecule has 0 amide bonds. The van der Waals surface area contributed by atoms with Crippen molar-refractivity contribution in [2.75, 3.05) is 14.7 Å². The molecule has 17 rings (SSSR count). The zero-order valence-corrected chi connectivity index (χ0v) is 55.0. The Labute approximate surface area is 565 Å². The Morgan fingerprint density at radius 3 is 1.00 bits per heavy atom. The molecule has 0 unspecified atom stereocenters. The van der Waals surface area contributed by atoms with Crippen LogP contribution in [0.25, 0.3) is 22.3 Å². The largest absolute Gasteiger partial charge is 0.311 e. The number of rotatable bonds is 15. The highest BCUT2D eigenvalue weighted by molar-refractivity contribution is 7.20. The maximum Gasteiger partial charge on any atom is 0.252 e. The van der Waals surface area contributed by atoms with Crippen LogP contribution in [0, 0.1) is 0 Å². The van der Waals surface area contributed by atoms with Crippen molar-refractivity contribution in [3.05, 3.63) is 400 Å². The van der Waals surface area contributed by atoms with E-state index < -0.39 is 16.1 Å². The summed E-state index contributed by atoms with van der Waals surface area (Å²) in [6, 6.07) is 150. The number of fused-ring (bicyclic) bond motifs is 4. The van der Waals surface area contributed by atoms with Gasteiger partial charge in [0.1, 0.15) is 0 Å². The first-order valence-corrected chi connectivity index (χ1v) is 37.3. The fraction of sp³-hybridized carbons (Fsp3) is 0. The topological polar surface area (TPSA) is 9.72 Å². The monoisotopic (exact) mass is 1260 g/mol. The second kappa shape index (κ2) is 24.9. The maximum absolute atomic E-state index is 3.08. The van der Waals surface area contributed by atoms with E-state index in [9.17, 15) is 0 Å². The first kappa shape index (κ1) is 58.1. The van der Waals surface area contributed by atoms with Gasteiger partial charge in [0.25, 0.3) is 6.71 Å². The van der Waals surface area contributed by atoms with Crippen molar-refractivity contribution in [1.29, 1.82) is 0 Å². The van der Waals surface area contributed by atoms with Crippen LogP contribution in [0.3, 0.4) is 0 Å². The zero-order valence-electron chi connectivity index (χ0n) is 53.0. The summed E-state index contributed by atoms with van der Waals surface area (Å²) >= 11 is 0. The van der Waals surface area contributed by atoms with Crippen LogP contribution in [0.5, 0.6) is 0 Å². The predicted molar refractivity (Wildman–Crippen MR) is 413 cm³/mol. The van der Waals surface area contributed by atoms with E-state index in [0.717, 1.165) is 62.3 Å². The molecule has 452 valence electrons. The van der Waals surface area contributed by atoms with Gasteiger partial charge in [0, 0.05) is 45.5 Å². The van der Waals surface area contributed by atoms with Crippen molar-refractivity contribution in [2.45, 2.75) is 0 Å². The first-order chi connectivity index (χ1) is 47.6. The highest BCUT2D eigenvalue weighted by Gasteiger charge is 2.48. The molecule has 0 saturated carbocycles. The molecule has 15 aromatic rings. The Bertz CT molecular complexity index is 4980. The normalized spacial score (nSPS) is 12.3. The van der Waals surface area contributed by atoms with Crippen molar-refractivity contribution in [1.82, 2.24) is 0 Å². The molecule has 96 heavy (non-hydrogen) atoms. The Kier molecular flexibility index (Phi) is 15.1. The molecule has 0 spiro atoms.